The fourth-order valence-corrected chi connectivity index (χ4v) is 1.71. The van der Waals surface area contributed by atoms with Gasteiger partial charge in [-0.05, 0) is 41.6 Å². The number of aromatic nitrogens is 2. The zero-order valence-corrected chi connectivity index (χ0v) is 11.7. The molecule has 1 aromatic heterocycles. The molecule has 0 radical (unpaired) electrons. The number of hydrogen-bond acceptors (Lipinski definition) is 3. The lowest BCUT2D eigenvalue weighted by molar-refractivity contribution is 0.671. The molecule has 1 N–H and O–H groups in total. The average molecular weight is 333 g/mol. The highest BCUT2D eigenvalue weighted by molar-refractivity contribution is 14.1. The maximum absolute atomic E-state index is 11.9. The van der Waals surface area contributed by atoms with E-state index in [0.717, 1.165) is 24.4 Å². The Morgan fingerprint density at radius 1 is 1.69 bits per heavy atom. The van der Waals surface area contributed by atoms with Crippen LogP contribution in [0.3, 0.4) is 0 Å². The van der Waals surface area contributed by atoms with Crippen molar-refractivity contribution in [2.24, 2.45) is 0 Å². The topological polar surface area (TPSA) is 46.9 Å². The van der Waals surface area contributed by atoms with E-state index in [4.69, 9.17) is 0 Å². The molecule has 0 aliphatic rings. The van der Waals surface area contributed by atoms with E-state index >= 15 is 0 Å². The number of nitrogens with one attached hydrogen (secondary N) is 1. The number of likely N-dealkylation sites (N-methyl/N-ethyl adjacent to an activating group) is 1. The third kappa shape index (κ3) is 3.41. The highest BCUT2D eigenvalue weighted by Crippen LogP contribution is 2.02. The van der Waals surface area contributed by atoms with Crippen LogP contribution in [0.2, 0.25) is 0 Å². The standard InChI is InChI=1S/C11H16IN3O/c1-4-13-5-8(2)6-15-7-14-9(3)10(12)11(15)16/h7,13H,2,4-6H2,1,3H3. The Hall–Kier alpha value is -0.690. The fraction of sp³-hybridized carbons (Fsp3) is 0.455. The SMILES string of the molecule is C=C(CNCC)Cn1cnc(C)c(I)c1=O. The number of aryl methyl sites for hydroxylation is 1. The van der Waals surface area contributed by atoms with Gasteiger partial charge in [0.1, 0.15) is 0 Å². The van der Waals surface area contributed by atoms with Crippen molar-refractivity contribution >= 4 is 22.6 Å². The molecule has 0 bridgehead atoms. The van der Waals surface area contributed by atoms with Crippen LogP contribution in [0.5, 0.6) is 0 Å². The van der Waals surface area contributed by atoms with Crippen molar-refractivity contribution in [3.63, 3.8) is 0 Å². The normalized spacial score (nSPS) is 10.4. The maximum Gasteiger partial charge on any atom is 0.267 e. The van der Waals surface area contributed by atoms with E-state index in [0.29, 0.717) is 10.1 Å². The Morgan fingerprint density at radius 3 is 3.00 bits per heavy atom. The van der Waals surface area contributed by atoms with Gasteiger partial charge in [-0.15, -0.1) is 0 Å². The average Bonchev–Trinajstić information content (AvgIpc) is 2.27. The Labute approximate surface area is 109 Å². The second-order valence-corrected chi connectivity index (χ2v) is 4.69. The number of hydrogen-bond donors (Lipinski definition) is 1. The molecule has 0 unspecified atom stereocenters. The number of rotatable bonds is 5. The summed E-state index contributed by atoms with van der Waals surface area (Å²) in [5.74, 6) is 0. The zero-order valence-electron chi connectivity index (χ0n) is 9.59. The Bertz CT molecular complexity index is 439. The van der Waals surface area contributed by atoms with Gasteiger partial charge in [0.25, 0.3) is 5.56 Å². The second kappa shape index (κ2) is 6.15. The predicted octanol–water partition coefficient (Wildman–Crippen LogP) is 1.32. The van der Waals surface area contributed by atoms with E-state index in [2.05, 4.69) is 16.9 Å². The van der Waals surface area contributed by atoms with E-state index < -0.39 is 0 Å². The number of halogens is 1. The molecule has 1 aromatic rings. The summed E-state index contributed by atoms with van der Waals surface area (Å²) in [6.45, 7) is 9.95. The molecule has 1 heterocycles. The first kappa shape index (κ1) is 13.4. The van der Waals surface area contributed by atoms with E-state index in [-0.39, 0.29) is 5.56 Å². The van der Waals surface area contributed by atoms with Crippen molar-refractivity contribution in [3.05, 3.63) is 38.1 Å². The van der Waals surface area contributed by atoms with Crippen molar-refractivity contribution in [2.45, 2.75) is 20.4 Å². The van der Waals surface area contributed by atoms with Gasteiger partial charge in [-0.1, -0.05) is 13.5 Å². The first-order chi connectivity index (χ1) is 7.56. The van der Waals surface area contributed by atoms with Crippen LogP contribution in [0.15, 0.2) is 23.3 Å². The van der Waals surface area contributed by atoms with Crippen LogP contribution in [0.4, 0.5) is 0 Å². The van der Waals surface area contributed by atoms with Crippen LogP contribution in [-0.4, -0.2) is 22.6 Å². The lowest BCUT2D eigenvalue weighted by atomic mass is 10.3. The molecule has 16 heavy (non-hydrogen) atoms. The monoisotopic (exact) mass is 333 g/mol. The Kier molecular flexibility index (Phi) is 5.14. The third-order valence-corrected chi connectivity index (χ3v) is 3.42. The highest BCUT2D eigenvalue weighted by atomic mass is 127. The molecule has 5 heteroatoms. The summed E-state index contributed by atoms with van der Waals surface area (Å²) in [5, 5.41) is 3.18. The first-order valence-electron chi connectivity index (χ1n) is 5.15. The van der Waals surface area contributed by atoms with Gasteiger partial charge in [-0.25, -0.2) is 4.98 Å². The Morgan fingerprint density at radius 2 is 2.38 bits per heavy atom. The molecule has 0 fully saturated rings. The van der Waals surface area contributed by atoms with Crippen molar-refractivity contribution in [1.82, 2.24) is 14.9 Å². The van der Waals surface area contributed by atoms with Gasteiger partial charge in [-0.2, -0.15) is 0 Å². The summed E-state index contributed by atoms with van der Waals surface area (Å²) in [7, 11) is 0. The number of nitrogens with zero attached hydrogens (tertiary/aromatic N) is 2. The smallest absolute Gasteiger partial charge is 0.267 e. The highest BCUT2D eigenvalue weighted by Gasteiger charge is 2.05. The van der Waals surface area contributed by atoms with Crippen molar-refractivity contribution < 1.29 is 0 Å². The zero-order chi connectivity index (χ0) is 12.1. The van der Waals surface area contributed by atoms with Crippen LogP contribution >= 0.6 is 22.6 Å². The molecular formula is C11H16IN3O. The summed E-state index contributed by atoms with van der Waals surface area (Å²) in [4.78, 5) is 16.0. The van der Waals surface area contributed by atoms with Crippen molar-refractivity contribution in [2.75, 3.05) is 13.1 Å². The summed E-state index contributed by atoms with van der Waals surface area (Å²) in [6.07, 6.45) is 1.58. The molecular weight excluding hydrogens is 317 g/mol. The fourth-order valence-electron chi connectivity index (χ4n) is 1.26. The van der Waals surface area contributed by atoms with E-state index in [1.54, 1.807) is 10.9 Å². The van der Waals surface area contributed by atoms with Crippen LogP contribution in [0.1, 0.15) is 12.6 Å². The lowest BCUT2D eigenvalue weighted by Crippen LogP contribution is -2.27. The summed E-state index contributed by atoms with van der Waals surface area (Å²) >= 11 is 2.03. The van der Waals surface area contributed by atoms with Gasteiger partial charge >= 0.3 is 0 Å². The Balaban J connectivity index is 2.79. The minimum Gasteiger partial charge on any atom is -0.313 e. The molecule has 1 rings (SSSR count). The van der Waals surface area contributed by atoms with Gasteiger partial charge in [0.05, 0.1) is 15.6 Å². The molecule has 0 amide bonds. The largest absolute Gasteiger partial charge is 0.313 e. The van der Waals surface area contributed by atoms with Gasteiger partial charge in [0.2, 0.25) is 0 Å². The molecule has 0 saturated heterocycles. The van der Waals surface area contributed by atoms with Gasteiger partial charge in [0, 0.05) is 13.1 Å². The van der Waals surface area contributed by atoms with E-state index in [9.17, 15) is 4.79 Å². The predicted molar refractivity (Wildman–Crippen MR) is 73.6 cm³/mol. The van der Waals surface area contributed by atoms with Crippen LogP contribution in [-0.2, 0) is 6.54 Å². The quantitative estimate of drug-likeness (QED) is 0.653. The molecule has 88 valence electrons. The van der Waals surface area contributed by atoms with Crippen LogP contribution in [0, 0.1) is 10.5 Å². The van der Waals surface area contributed by atoms with Gasteiger partial charge < -0.3 is 5.32 Å². The molecule has 0 atom stereocenters. The van der Waals surface area contributed by atoms with Crippen LogP contribution in [0.25, 0.3) is 0 Å². The van der Waals surface area contributed by atoms with Crippen molar-refractivity contribution in [1.29, 1.82) is 0 Å². The van der Waals surface area contributed by atoms with Crippen LogP contribution < -0.4 is 10.9 Å². The van der Waals surface area contributed by atoms with E-state index in [1.807, 2.05) is 36.4 Å². The summed E-state index contributed by atoms with van der Waals surface area (Å²) in [5.41, 5.74) is 1.76. The molecule has 0 aliphatic heterocycles. The third-order valence-electron chi connectivity index (χ3n) is 2.18. The van der Waals surface area contributed by atoms with E-state index in [1.165, 1.54) is 0 Å². The minimum absolute atomic E-state index is 0.00532. The molecule has 0 spiro atoms. The second-order valence-electron chi connectivity index (χ2n) is 3.61. The molecule has 0 saturated carbocycles. The van der Waals surface area contributed by atoms with Gasteiger partial charge in [-0.3, -0.25) is 9.36 Å². The minimum atomic E-state index is 0.00532. The first-order valence-corrected chi connectivity index (χ1v) is 6.23. The van der Waals surface area contributed by atoms with Crippen molar-refractivity contribution in [3.8, 4) is 0 Å². The summed E-state index contributed by atoms with van der Waals surface area (Å²) < 4.78 is 2.27. The lowest BCUT2D eigenvalue weighted by Gasteiger charge is -2.09. The molecule has 4 nitrogen and oxygen atoms in total. The van der Waals surface area contributed by atoms with Gasteiger partial charge in [0.15, 0.2) is 0 Å². The maximum atomic E-state index is 11.9. The molecule has 0 aliphatic carbocycles. The molecule has 0 aromatic carbocycles. The summed E-state index contributed by atoms with van der Waals surface area (Å²) in [6, 6.07) is 0.